The van der Waals surface area contributed by atoms with Gasteiger partial charge in [0, 0.05) is 18.7 Å². The van der Waals surface area contributed by atoms with Gasteiger partial charge in [-0.1, -0.05) is 0 Å². The lowest BCUT2D eigenvalue weighted by Gasteiger charge is -1.98. The molecule has 64 valence electrons. The number of hydrogen-bond donors (Lipinski definition) is 1. The molecule has 0 unspecified atom stereocenters. The lowest BCUT2D eigenvalue weighted by Crippen LogP contribution is -2.17. The van der Waals surface area contributed by atoms with E-state index in [9.17, 15) is 4.79 Å². The predicted octanol–water partition coefficient (Wildman–Crippen LogP) is 0.455. The molecule has 0 saturated heterocycles. The molecule has 2 rings (SSSR count). The van der Waals surface area contributed by atoms with Crippen LogP contribution in [0.1, 0.15) is 28.7 Å². The number of carbonyl (C=O) groups is 1. The molecule has 0 aliphatic carbocycles. The van der Waals surface area contributed by atoms with E-state index in [0.717, 1.165) is 23.5 Å². The Bertz CT molecular complexity index is 340. The summed E-state index contributed by atoms with van der Waals surface area (Å²) < 4.78 is 1.76. The summed E-state index contributed by atoms with van der Waals surface area (Å²) in [4.78, 5) is 11.3. The molecule has 2 heterocycles. The van der Waals surface area contributed by atoms with Crippen LogP contribution in [0.25, 0.3) is 0 Å². The minimum Gasteiger partial charge on any atom is -0.346 e. The van der Waals surface area contributed by atoms with E-state index in [1.54, 1.807) is 4.68 Å². The second kappa shape index (κ2) is 2.33. The van der Waals surface area contributed by atoms with Crippen LogP contribution in [0.3, 0.4) is 0 Å². The van der Waals surface area contributed by atoms with Crippen LogP contribution >= 0.6 is 0 Å². The highest BCUT2D eigenvalue weighted by molar-refractivity contribution is 5.96. The highest BCUT2D eigenvalue weighted by Crippen LogP contribution is 2.18. The van der Waals surface area contributed by atoms with Crippen LogP contribution < -0.4 is 5.32 Å². The normalized spacial score (nSPS) is 14.7. The van der Waals surface area contributed by atoms with Crippen LogP contribution in [0, 0.1) is 6.92 Å². The quantitative estimate of drug-likeness (QED) is 0.657. The molecular weight excluding hydrogens is 154 g/mol. The third-order valence-electron chi connectivity index (χ3n) is 2.19. The van der Waals surface area contributed by atoms with Crippen LogP contribution in [0.15, 0.2) is 0 Å². The lowest BCUT2D eigenvalue weighted by molar-refractivity contribution is 0.0955. The largest absolute Gasteiger partial charge is 0.346 e. The molecule has 4 heteroatoms. The van der Waals surface area contributed by atoms with Gasteiger partial charge in [-0.2, -0.15) is 5.10 Å². The van der Waals surface area contributed by atoms with Crippen molar-refractivity contribution in [2.75, 3.05) is 0 Å². The zero-order chi connectivity index (χ0) is 8.72. The van der Waals surface area contributed by atoms with Crippen molar-refractivity contribution in [2.24, 2.45) is 0 Å². The van der Waals surface area contributed by atoms with Gasteiger partial charge in [0.25, 0.3) is 5.91 Å². The maximum atomic E-state index is 11.3. The van der Waals surface area contributed by atoms with Gasteiger partial charge < -0.3 is 5.32 Å². The summed E-state index contributed by atoms with van der Waals surface area (Å²) in [5, 5.41) is 7.04. The van der Waals surface area contributed by atoms with Crippen molar-refractivity contribution >= 4 is 5.91 Å². The summed E-state index contributed by atoms with van der Waals surface area (Å²) in [6.07, 6.45) is 0. The summed E-state index contributed by atoms with van der Waals surface area (Å²) in [6.45, 7) is 5.31. The van der Waals surface area contributed by atoms with E-state index in [-0.39, 0.29) is 5.91 Å². The Kier molecular flexibility index (Phi) is 1.43. The second-order valence-corrected chi connectivity index (χ2v) is 2.91. The van der Waals surface area contributed by atoms with E-state index >= 15 is 0 Å². The Labute approximate surface area is 70.6 Å². The van der Waals surface area contributed by atoms with Crippen molar-refractivity contribution < 1.29 is 4.79 Å². The third-order valence-corrected chi connectivity index (χ3v) is 2.19. The zero-order valence-electron chi connectivity index (χ0n) is 7.22. The maximum Gasteiger partial charge on any atom is 0.270 e. The van der Waals surface area contributed by atoms with E-state index in [1.165, 1.54) is 0 Å². The fraction of sp³-hybridized carbons (Fsp3) is 0.500. The number of nitrogens with one attached hydrogen (secondary N) is 1. The van der Waals surface area contributed by atoms with Crippen molar-refractivity contribution in [2.45, 2.75) is 26.9 Å². The van der Waals surface area contributed by atoms with Crippen molar-refractivity contribution in [1.29, 1.82) is 0 Å². The number of nitrogens with zero attached hydrogens (tertiary/aromatic N) is 2. The minimum atomic E-state index is 0.00690. The van der Waals surface area contributed by atoms with Crippen LogP contribution in [0.2, 0.25) is 0 Å². The lowest BCUT2D eigenvalue weighted by atomic mass is 10.2. The molecule has 1 aromatic rings. The van der Waals surface area contributed by atoms with Crippen LogP contribution in [0.4, 0.5) is 0 Å². The maximum absolute atomic E-state index is 11.3. The van der Waals surface area contributed by atoms with Gasteiger partial charge in [-0.25, -0.2) is 0 Å². The summed E-state index contributed by atoms with van der Waals surface area (Å²) >= 11 is 0. The molecule has 4 nitrogen and oxygen atoms in total. The van der Waals surface area contributed by atoms with E-state index in [1.807, 2.05) is 13.8 Å². The SMILES string of the molecule is CCn1nc(C)c2c1C(=O)NC2. The molecule has 1 aromatic heterocycles. The van der Waals surface area contributed by atoms with Gasteiger partial charge in [-0.3, -0.25) is 9.48 Å². The monoisotopic (exact) mass is 165 g/mol. The molecule has 1 aliphatic rings. The molecule has 0 saturated carbocycles. The van der Waals surface area contributed by atoms with Gasteiger partial charge in [0.05, 0.1) is 5.69 Å². The molecule has 0 fully saturated rings. The second-order valence-electron chi connectivity index (χ2n) is 2.91. The summed E-state index contributed by atoms with van der Waals surface area (Å²) in [6, 6.07) is 0. The van der Waals surface area contributed by atoms with Crippen molar-refractivity contribution in [3.8, 4) is 0 Å². The highest BCUT2D eigenvalue weighted by atomic mass is 16.2. The van der Waals surface area contributed by atoms with E-state index < -0.39 is 0 Å². The molecule has 0 atom stereocenters. The Balaban J connectivity index is 2.61. The first-order valence-electron chi connectivity index (χ1n) is 4.08. The molecule has 0 bridgehead atoms. The first kappa shape index (κ1) is 7.34. The molecular formula is C8H11N3O. The molecule has 0 spiro atoms. The molecule has 12 heavy (non-hydrogen) atoms. The number of fused-ring (bicyclic) bond motifs is 1. The average Bonchev–Trinajstić information content (AvgIpc) is 2.56. The van der Waals surface area contributed by atoms with Crippen LogP contribution in [-0.2, 0) is 13.1 Å². The van der Waals surface area contributed by atoms with Gasteiger partial charge in [0.15, 0.2) is 0 Å². The Morgan fingerprint density at radius 3 is 3.08 bits per heavy atom. The van der Waals surface area contributed by atoms with Crippen molar-refractivity contribution in [3.05, 3.63) is 17.0 Å². The fourth-order valence-electron chi connectivity index (χ4n) is 1.57. The smallest absolute Gasteiger partial charge is 0.270 e. The molecule has 0 aromatic carbocycles. The van der Waals surface area contributed by atoms with E-state index in [4.69, 9.17) is 0 Å². The first-order valence-corrected chi connectivity index (χ1v) is 4.08. The molecule has 1 aliphatic heterocycles. The average molecular weight is 165 g/mol. The summed E-state index contributed by atoms with van der Waals surface area (Å²) in [5.41, 5.74) is 2.77. The van der Waals surface area contributed by atoms with E-state index in [2.05, 4.69) is 10.4 Å². The zero-order valence-corrected chi connectivity index (χ0v) is 7.22. The van der Waals surface area contributed by atoms with Gasteiger partial charge in [0.1, 0.15) is 5.69 Å². The number of hydrogen-bond acceptors (Lipinski definition) is 2. The Hall–Kier alpha value is -1.32. The number of amides is 1. The third kappa shape index (κ3) is 0.776. The van der Waals surface area contributed by atoms with E-state index in [0.29, 0.717) is 6.54 Å². The molecule has 0 radical (unpaired) electrons. The standard InChI is InChI=1S/C8H11N3O/c1-3-11-7-6(5(2)10-11)4-9-8(7)12/h3-4H2,1-2H3,(H,9,12). The predicted molar refractivity (Wildman–Crippen MR) is 43.8 cm³/mol. The Morgan fingerprint density at radius 2 is 2.42 bits per heavy atom. The topological polar surface area (TPSA) is 46.9 Å². The molecule has 1 N–H and O–H groups in total. The Morgan fingerprint density at radius 1 is 1.67 bits per heavy atom. The van der Waals surface area contributed by atoms with Gasteiger partial charge in [-0.05, 0) is 13.8 Å². The minimum absolute atomic E-state index is 0.00690. The fourth-order valence-corrected chi connectivity index (χ4v) is 1.57. The van der Waals surface area contributed by atoms with Crippen LogP contribution in [-0.4, -0.2) is 15.7 Å². The van der Waals surface area contributed by atoms with Crippen LogP contribution in [0.5, 0.6) is 0 Å². The number of carbonyl (C=O) groups excluding carboxylic acids is 1. The highest BCUT2D eigenvalue weighted by Gasteiger charge is 2.26. The van der Waals surface area contributed by atoms with Gasteiger partial charge in [0.2, 0.25) is 0 Å². The number of rotatable bonds is 1. The summed E-state index contributed by atoms with van der Waals surface area (Å²) in [5.74, 6) is 0.00690. The number of aryl methyl sites for hydroxylation is 2. The first-order chi connectivity index (χ1) is 5.74. The summed E-state index contributed by atoms with van der Waals surface area (Å²) in [7, 11) is 0. The van der Waals surface area contributed by atoms with Crippen molar-refractivity contribution in [1.82, 2.24) is 15.1 Å². The number of aromatic nitrogens is 2. The van der Waals surface area contributed by atoms with Gasteiger partial charge >= 0.3 is 0 Å². The van der Waals surface area contributed by atoms with Gasteiger partial charge in [-0.15, -0.1) is 0 Å². The van der Waals surface area contributed by atoms with Crippen molar-refractivity contribution in [3.63, 3.8) is 0 Å². The molecule has 1 amide bonds.